The number of hydrogen-bond donors (Lipinski definition) is 2. The van der Waals surface area contributed by atoms with Gasteiger partial charge in [0.15, 0.2) is 0 Å². The van der Waals surface area contributed by atoms with Gasteiger partial charge in [-0.25, -0.2) is 9.78 Å². The molecule has 1 saturated heterocycles. The summed E-state index contributed by atoms with van der Waals surface area (Å²) in [6, 6.07) is 14.4. The summed E-state index contributed by atoms with van der Waals surface area (Å²) in [6.07, 6.45) is 1.67. The predicted molar refractivity (Wildman–Crippen MR) is 95.2 cm³/mol. The lowest BCUT2D eigenvalue weighted by molar-refractivity contribution is 0.251. The van der Waals surface area contributed by atoms with Gasteiger partial charge in [-0.15, -0.1) is 0 Å². The van der Waals surface area contributed by atoms with Gasteiger partial charge in [-0.05, 0) is 35.2 Å². The molecule has 24 heavy (non-hydrogen) atoms. The van der Waals surface area contributed by atoms with E-state index in [4.69, 9.17) is 0 Å². The van der Waals surface area contributed by atoms with Crippen molar-refractivity contribution in [2.75, 3.05) is 11.4 Å². The molecule has 1 atom stereocenters. The van der Waals surface area contributed by atoms with Crippen LogP contribution in [0.1, 0.15) is 36.9 Å². The van der Waals surface area contributed by atoms with Crippen LogP contribution in [0.15, 0.2) is 48.8 Å². The number of rotatable bonds is 3. The summed E-state index contributed by atoms with van der Waals surface area (Å²) >= 11 is 0. The number of nitrogens with one attached hydrogen (secondary N) is 2. The van der Waals surface area contributed by atoms with E-state index < -0.39 is 0 Å². The number of nitrogens with zero attached hydrogens (tertiary/aromatic N) is 2. The molecule has 5 heteroatoms. The van der Waals surface area contributed by atoms with Crippen LogP contribution in [0.2, 0.25) is 0 Å². The first-order chi connectivity index (χ1) is 11.6. The molecule has 1 aliphatic rings. The molecule has 0 radical (unpaired) electrons. The number of urea groups is 1. The summed E-state index contributed by atoms with van der Waals surface area (Å²) in [4.78, 5) is 21.6. The van der Waals surface area contributed by atoms with Gasteiger partial charge < -0.3 is 10.3 Å². The van der Waals surface area contributed by atoms with E-state index in [0.717, 1.165) is 22.3 Å². The minimum absolute atomic E-state index is 0.000848. The van der Waals surface area contributed by atoms with Crippen molar-refractivity contribution in [3.8, 4) is 0 Å². The molecule has 4 rings (SSSR count). The van der Waals surface area contributed by atoms with Crippen LogP contribution in [0.4, 0.5) is 10.5 Å². The number of anilines is 1. The molecule has 0 saturated carbocycles. The number of amides is 2. The SMILES string of the molecule is CC(C)c1ccc(C2CNC(=O)N2c2ccc3nc[nH]c3c2)cc1. The van der Waals surface area contributed by atoms with Crippen LogP contribution in [-0.4, -0.2) is 22.5 Å². The van der Waals surface area contributed by atoms with E-state index in [2.05, 4.69) is 53.4 Å². The molecule has 3 aromatic rings. The number of aromatic amines is 1. The Morgan fingerprint density at radius 3 is 2.71 bits per heavy atom. The minimum atomic E-state index is -0.0631. The second-order valence-corrected chi connectivity index (χ2v) is 6.50. The summed E-state index contributed by atoms with van der Waals surface area (Å²) < 4.78 is 0. The van der Waals surface area contributed by atoms with Crippen LogP contribution >= 0.6 is 0 Å². The summed E-state index contributed by atoms with van der Waals surface area (Å²) in [5, 5.41) is 2.96. The van der Waals surface area contributed by atoms with Crippen LogP contribution in [0.5, 0.6) is 0 Å². The third kappa shape index (κ3) is 2.42. The molecule has 2 N–H and O–H groups in total. The summed E-state index contributed by atoms with van der Waals surface area (Å²) in [5.41, 5.74) is 5.15. The molecule has 0 aliphatic carbocycles. The van der Waals surface area contributed by atoms with Gasteiger partial charge in [-0.3, -0.25) is 4.90 Å². The Hall–Kier alpha value is -2.82. The van der Waals surface area contributed by atoms with Gasteiger partial charge in [0.1, 0.15) is 0 Å². The van der Waals surface area contributed by atoms with Gasteiger partial charge in [0.25, 0.3) is 0 Å². The lowest BCUT2D eigenvalue weighted by Crippen LogP contribution is -2.29. The fourth-order valence-corrected chi connectivity index (χ4v) is 3.24. The van der Waals surface area contributed by atoms with Gasteiger partial charge >= 0.3 is 6.03 Å². The zero-order chi connectivity index (χ0) is 16.7. The molecule has 2 aromatic carbocycles. The number of hydrogen-bond acceptors (Lipinski definition) is 2. The molecule has 1 aliphatic heterocycles. The Kier molecular flexibility index (Phi) is 3.49. The Bertz CT molecular complexity index is 882. The van der Waals surface area contributed by atoms with Gasteiger partial charge in [-0.2, -0.15) is 0 Å². The topological polar surface area (TPSA) is 61.0 Å². The van der Waals surface area contributed by atoms with Gasteiger partial charge in [0.2, 0.25) is 0 Å². The molecule has 0 spiro atoms. The maximum absolute atomic E-state index is 12.4. The smallest absolute Gasteiger partial charge is 0.322 e. The highest BCUT2D eigenvalue weighted by atomic mass is 16.2. The largest absolute Gasteiger partial charge is 0.345 e. The first-order valence-corrected chi connectivity index (χ1v) is 8.23. The molecule has 0 bridgehead atoms. The average Bonchev–Trinajstić information content (AvgIpc) is 3.20. The summed E-state index contributed by atoms with van der Waals surface area (Å²) in [6.45, 7) is 4.98. The number of aromatic nitrogens is 2. The maximum atomic E-state index is 12.4. The van der Waals surface area contributed by atoms with E-state index in [1.165, 1.54) is 5.56 Å². The van der Waals surface area contributed by atoms with Crippen LogP contribution in [0.3, 0.4) is 0 Å². The van der Waals surface area contributed by atoms with Crippen molar-refractivity contribution >= 4 is 22.8 Å². The molecule has 1 unspecified atom stereocenters. The Balaban J connectivity index is 1.70. The van der Waals surface area contributed by atoms with Crippen molar-refractivity contribution < 1.29 is 4.79 Å². The van der Waals surface area contributed by atoms with Crippen LogP contribution in [0, 0.1) is 0 Å². The number of imidazole rings is 1. The molecule has 1 fully saturated rings. The zero-order valence-corrected chi connectivity index (χ0v) is 13.8. The van der Waals surface area contributed by atoms with Crippen LogP contribution in [0.25, 0.3) is 11.0 Å². The van der Waals surface area contributed by atoms with Crippen molar-refractivity contribution in [3.05, 3.63) is 59.9 Å². The van der Waals surface area contributed by atoms with Crippen molar-refractivity contribution in [1.82, 2.24) is 15.3 Å². The highest BCUT2D eigenvalue weighted by Gasteiger charge is 2.33. The molecule has 122 valence electrons. The van der Waals surface area contributed by atoms with E-state index in [1.54, 1.807) is 6.33 Å². The molecular formula is C19H20N4O. The van der Waals surface area contributed by atoms with E-state index in [9.17, 15) is 4.79 Å². The number of carbonyl (C=O) groups excluding carboxylic acids is 1. The zero-order valence-electron chi connectivity index (χ0n) is 13.8. The van der Waals surface area contributed by atoms with E-state index in [1.807, 2.05) is 23.1 Å². The molecule has 2 heterocycles. The third-order valence-electron chi connectivity index (χ3n) is 4.65. The average molecular weight is 320 g/mol. The normalized spacial score (nSPS) is 17.7. The quantitative estimate of drug-likeness (QED) is 0.767. The van der Waals surface area contributed by atoms with Crippen molar-refractivity contribution in [2.45, 2.75) is 25.8 Å². The number of carbonyl (C=O) groups is 1. The lowest BCUT2D eigenvalue weighted by atomic mass is 9.98. The van der Waals surface area contributed by atoms with Gasteiger partial charge in [0.05, 0.1) is 23.4 Å². The molecule has 5 nitrogen and oxygen atoms in total. The van der Waals surface area contributed by atoms with Gasteiger partial charge in [0, 0.05) is 12.2 Å². The minimum Gasteiger partial charge on any atom is -0.345 e. The number of fused-ring (bicyclic) bond motifs is 1. The Labute approximate surface area is 140 Å². The standard InChI is InChI=1S/C19H20N4O/c1-12(2)13-3-5-14(6-4-13)18-10-20-19(24)23(18)15-7-8-16-17(9-15)22-11-21-16/h3-9,11-12,18H,10H2,1-2H3,(H,20,24)(H,21,22). The Morgan fingerprint density at radius 2 is 1.96 bits per heavy atom. The predicted octanol–water partition coefficient (Wildman–Crippen LogP) is 3.96. The summed E-state index contributed by atoms with van der Waals surface area (Å²) in [5.74, 6) is 0.501. The van der Waals surface area contributed by atoms with Crippen molar-refractivity contribution in [1.29, 1.82) is 0 Å². The fourth-order valence-electron chi connectivity index (χ4n) is 3.24. The number of benzene rings is 2. The highest BCUT2D eigenvalue weighted by Crippen LogP contribution is 2.32. The van der Waals surface area contributed by atoms with Crippen molar-refractivity contribution in [2.24, 2.45) is 0 Å². The molecule has 2 amide bonds. The van der Waals surface area contributed by atoms with Crippen LogP contribution in [-0.2, 0) is 0 Å². The monoisotopic (exact) mass is 320 g/mol. The lowest BCUT2D eigenvalue weighted by Gasteiger charge is -2.24. The van der Waals surface area contributed by atoms with Gasteiger partial charge in [-0.1, -0.05) is 38.1 Å². The first kappa shape index (κ1) is 14.8. The highest BCUT2D eigenvalue weighted by molar-refractivity contribution is 5.97. The molecular weight excluding hydrogens is 300 g/mol. The Morgan fingerprint density at radius 1 is 1.17 bits per heavy atom. The fraction of sp³-hybridized carbons (Fsp3) is 0.263. The third-order valence-corrected chi connectivity index (χ3v) is 4.65. The van der Waals surface area contributed by atoms with E-state index in [0.29, 0.717) is 12.5 Å². The first-order valence-electron chi connectivity index (χ1n) is 8.23. The van der Waals surface area contributed by atoms with Crippen molar-refractivity contribution in [3.63, 3.8) is 0 Å². The summed E-state index contributed by atoms with van der Waals surface area (Å²) in [7, 11) is 0. The maximum Gasteiger partial charge on any atom is 0.322 e. The van der Waals surface area contributed by atoms with E-state index in [-0.39, 0.29) is 12.1 Å². The van der Waals surface area contributed by atoms with E-state index >= 15 is 0 Å². The number of H-pyrrole nitrogens is 1. The molecule has 1 aromatic heterocycles. The second-order valence-electron chi connectivity index (χ2n) is 6.50. The van der Waals surface area contributed by atoms with Crippen LogP contribution < -0.4 is 10.2 Å². The second kappa shape index (κ2) is 5.67.